The van der Waals surface area contributed by atoms with Crippen LogP contribution in [0.25, 0.3) is 0 Å². The van der Waals surface area contributed by atoms with Crippen molar-refractivity contribution in [2.75, 3.05) is 39.8 Å². The highest BCUT2D eigenvalue weighted by molar-refractivity contribution is 5.88. The van der Waals surface area contributed by atoms with Gasteiger partial charge >= 0.3 is 0 Å². The van der Waals surface area contributed by atoms with Crippen molar-refractivity contribution in [3.05, 3.63) is 0 Å². The molecule has 0 amide bonds. The number of nitrogens with one attached hydrogen (secondary N) is 2. The van der Waals surface area contributed by atoms with Crippen LogP contribution >= 0.6 is 0 Å². The maximum Gasteiger partial charge on any atom is 0.159 e. The molecule has 2 heterocycles. The van der Waals surface area contributed by atoms with Gasteiger partial charge in [-0.25, -0.2) is 9.93 Å². The normalized spacial score (nSPS) is 36.0. The van der Waals surface area contributed by atoms with E-state index in [0.29, 0.717) is 24.8 Å². The number of piperazine rings is 1. The molecule has 0 radical (unpaired) electrons. The van der Waals surface area contributed by atoms with Crippen LogP contribution in [0.3, 0.4) is 0 Å². The molecular formula is C22H41FN6. The Bertz CT molecular complexity index is 519. The lowest BCUT2D eigenvalue weighted by Crippen LogP contribution is -2.58. The number of nitrogens with zero attached hydrogens (tertiary/aromatic N) is 4. The molecule has 4 rings (SSSR count). The van der Waals surface area contributed by atoms with Gasteiger partial charge in [-0.3, -0.25) is 9.91 Å². The number of halogens is 1. The summed E-state index contributed by atoms with van der Waals surface area (Å²) in [6, 6.07) is 0.294. The molecule has 166 valence electrons. The number of hydrogen-bond donors (Lipinski definition) is 2. The van der Waals surface area contributed by atoms with Crippen LogP contribution in [-0.4, -0.2) is 72.6 Å². The molecule has 6 nitrogen and oxygen atoms in total. The van der Waals surface area contributed by atoms with Gasteiger partial charge < -0.3 is 4.90 Å². The van der Waals surface area contributed by atoms with E-state index in [9.17, 15) is 4.39 Å². The van der Waals surface area contributed by atoms with E-state index in [1.165, 1.54) is 32.1 Å². The minimum Gasteiger partial charge on any atom is -0.304 e. The van der Waals surface area contributed by atoms with E-state index >= 15 is 0 Å². The average molecular weight is 409 g/mol. The van der Waals surface area contributed by atoms with E-state index in [1.54, 1.807) is 0 Å². The van der Waals surface area contributed by atoms with Gasteiger partial charge in [0, 0.05) is 32.7 Å². The zero-order valence-corrected chi connectivity index (χ0v) is 18.5. The Morgan fingerprint density at radius 2 is 1.76 bits per heavy atom. The SMILES string of the molecule is CC1CCCCC1CCN1NNN=C1C(C1CCC(F)CC1)N1CCN(C)CC1. The molecule has 2 N–H and O–H groups in total. The van der Waals surface area contributed by atoms with Gasteiger partial charge in [-0.05, 0) is 56.9 Å². The molecule has 4 aliphatic rings. The monoisotopic (exact) mass is 408 g/mol. The van der Waals surface area contributed by atoms with Crippen LogP contribution in [0.1, 0.15) is 64.7 Å². The van der Waals surface area contributed by atoms with E-state index in [1.807, 2.05) is 0 Å². The van der Waals surface area contributed by atoms with Crippen molar-refractivity contribution < 1.29 is 4.39 Å². The summed E-state index contributed by atoms with van der Waals surface area (Å²) < 4.78 is 13.8. The van der Waals surface area contributed by atoms with Crippen molar-refractivity contribution in [3.63, 3.8) is 0 Å². The van der Waals surface area contributed by atoms with E-state index in [-0.39, 0.29) is 0 Å². The summed E-state index contributed by atoms with van der Waals surface area (Å²) in [5, 5.41) is 6.99. The Morgan fingerprint density at radius 3 is 2.48 bits per heavy atom. The van der Waals surface area contributed by atoms with Gasteiger partial charge in [-0.15, -0.1) is 10.6 Å². The maximum atomic E-state index is 13.8. The summed E-state index contributed by atoms with van der Waals surface area (Å²) in [6.07, 6.45) is 9.53. The topological polar surface area (TPSA) is 46.1 Å². The van der Waals surface area contributed by atoms with Crippen molar-refractivity contribution >= 4 is 5.84 Å². The molecule has 2 aliphatic carbocycles. The lowest BCUT2D eigenvalue weighted by Gasteiger charge is -2.44. The fourth-order valence-electron chi connectivity index (χ4n) is 5.94. The minimum atomic E-state index is -0.606. The molecule has 0 aromatic heterocycles. The fourth-order valence-corrected chi connectivity index (χ4v) is 5.94. The molecule has 0 spiro atoms. The summed E-state index contributed by atoms with van der Waals surface area (Å²) in [6.45, 7) is 7.78. The molecule has 2 saturated carbocycles. The quantitative estimate of drug-likeness (QED) is 0.708. The third-order valence-corrected chi connectivity index (χ3v) is 7.99. The predicted octanol–water partition coefficient (Wildman–Crippen LogP) is 2.99. The Labute approximate surface area is 176 Å². The van der Waals surface area contributed by atoms with Gasteiger partial charge in [-0.2, -0.15) is 0 Å². The van der Waals surface area contributed by atoms with E-state index < -0.39 is 6.17 Å². The van der Waals surface area contributed by atoms with Crippen LogP contribution < -0.4 is 11.1 Å². The minimum absolute atomic E-state index is 0.294. The van der Waals surface area contributed by atoms with Crippen LogP contribution in [0.4, 0.5) is 4.39 Å². The van der Waals surface area contributed by atoms with E-state index in [0.717, 1.165) is 63.2 Å². The zero-order chi connectivity index (χ0) is 20.2. The zero-order valence-electron chi connectivity index (χ0n) is 18.5. The van der Waals surface area contributed by atoms with Gasteiger partial charge in [0.2, 0.25) is 0 Å². The fraction of sp³-hybridized carbons (Fsp3) is 0.955. The number of rotatable bonds is 6. The molecule has 3 atom stereocenters. The molecule has 3 unspecified atom stereocenters. The van der Waals surface area contributed by atoms with Crippen LogP contribution in [-0.2, 0) is 0 Å². The number of hydrazine groups is 2. The molecule has 2 aliphatic heterocycles. The first-order valence-electron chi connectivity index (χ1n) is 12.0. The maximum absolute atomic E-state index is 13.8. The first-order valence-corrected chi connectivity index (χ1v) is 12.0. The Hall–Kier alpha value is -0.920. The second-order valence-corrected chi connectivity index (χ2v) is 9.95. The van der Waals surface area contributed by atoms with Crippen LogP contribution in [0.5, 0.6) is 0 Å². The largest absolute Gasteiger partial charge is 0.304 e. The van der Waals surface area contributed by atoms with Crippen molar-refractivity contribution in [1.82, 2.24) is 25.9 Å². The molecular weight excluding hydrogens is 367 g/mol. The second kappa shape index (κ2) is 9.92. The summed E-state index contributed by atoms with van der Waals surface area (Å²) in [4.78, 5) is 5.02. The Balaban J connectivity index is 1.43. The predicted molar refractivity (Wildman–Crippen MR) is 116 cm³/mol. The highest BCUT2D eigenvalue weighted by Crippen LogP contribution is 2.34. The Kier molecular flexibility index (Phi) is 7.30. The third-order valence-electron chi connectivity index (χ3n) is 7.99. The van der Waals surface area contributed by atoms with Crippen molar-refractivity contribution in [3.8, 4) is 0 Å². The molecule has 0 aromatic carbocycles. The molecule has 7 heteroatoms. The third kappa shape index (κ3) is 5.23. The van der Waals surface area contributed by atoms with Gasteiger partial charge in [0.05, 0.1) is 6.04 Å². The molecule has 1 saturated heterocycles. The summed E-state index contributed by atoms with van der Waals surface area (Å²) >= 11 is 0. The number of likely N-dealkylation sites (N-methyl/N-ethyl adjacent to an activating group) is 1. The van der Waals surface area contributed by atoms with Crippen molar-refractivity contribution in [2.24, 2.45) is 22.9 Å². The number of hydrazone groups is 1. The highest BCUT2D eigenvalue weighted by atomic mass is 19.1. The van der Waals surface area contributed by atoms with Gasteiger partial charge in [0.1, 0.15) is 6.17 Å². The highest BCUT2D eigenvalue weighted by Gasteiger charge is 2.39. The van der Waals surface area contributed by atoms with Crippen molar-refractivity contribution in [1.29, 1.82) is 0 Å². The molecule has 3 fully saturated rings. The van der Waals surface area contributed by atoms with Crippen molar-refractivity contribution in [2.45, 2.75) is 76.9 Å². The first-order chi connectivity index (χ1) is 14.1. The standard InChI is InChI=1S/C22H41FN6/c1-17-5-3-4-6-18(17)11-12-29-22(24-25-26-29)21(19-7-9-20(23)10-8-19)28-15-13-27(2)14-16-28/h17-21,25-26H,3-16H2,1-2H3. The summed E-state index contributed by atoms with van der Waals surface area (Å²) in [5.74, 6) is 3.31. The number of amidine groups is 1. The summed E-state index contributed by atoms with van der Waals surface area (Å²) in [5.41, 5.74) is 6.36. The average Bonchev–Trinajstić information content (AvgIpc) is 3.18. The lowest BCUT2D eigenvalue weighted by molar-refractivity contribution is 0.0798. The van der Waals surface area contributed by atoms with Crippen LogP contribution in [0.2, 0.25) is 0 Å². The van der Waals surface area contributed by atoms with E-state index in [4.69, 9.17) is 5.10 Å². The molecule has 0 aromatic rings. The molecule has 0 bridgehead atoms. The second-order valence-electron chi connectivity index (χ2n) is 9.95. The lowest BCUT2D eigenvalue weighted by atomic mass is 9.78. The Morgan fingerprint density at radius 1 is 1.03 bits per heavy atom. The van der Waals surface area contributed by atoms with Gasteiger partial charge in [-0.1, -0.05) is 32.6 Å². The smallest absolute Gasteiger partial charge is 0.159 e. The summed E-state index contributed by atoms with van der Waals surface area (Å²) in [7, 11) is 2.20. The number of hydrogen-bond acceptors (Lipinski definition) is 6. The van der Waals surface area contributed by atoms with Crippen LogP contribution in [0, 0.1) is 17.8 Å². The van der Waals surface area contributed by atoms with Crippen LogP contribution in [0.15, 0.2) is 5.10 Å². The first kappa shape index (κ1) is 21.3. The molecule has 29 heavy (non-hydrogen) atoms. The number of alkyl halides is 1. The van der Waals surface area contributed by atoms with Gasteiger partial charge in [0.25, 0.3) is 0 Å². The van der Waals surface area contributed by atoms with Gasteiger partial charge in [0.15, 0.2) is 5.84 Å². The van der Waals surface area contributed by atoms with E-state index in [2.05, 4.69) is 39.8 Å².